The van der Waals surface area contributed by atoms with E-state index in [2.05, 4.69) is 12.2 Å². The predicted octanol–water partition coefficient (Wildman–Crippen LogP) is 2.17. The SMILES string of the molecule is COC(=O)Cc1ccccc1OC(C)C1CCCNC1. The van der Waals surface area contributed by atoms with E-state index in [1.165, 1.54) is 20.0 Å². The summed E-state index contributed by atoms with van der Waals surface area (Å²) in [4.78, 5) is 11.4. The van der Waals surface area contributed by atoms with Crippen LogP contribution in [0.25, 0.3) is 0 Å². The Morgan fingerprint density at radius 1 is 1.45 bits per heavy atom. The number of piperidine rings is 1. The van der Waals surface area contributed by atoms with E-state index in [1.54, 1.807) is 0 Å². The standard InChI is InChI=1S/C16H23NO3/c1-12(14-7-5-9-17-11-14)20-15-8-4-3-6-13(15)10-16(18)19-2/h3-4,6,8,12,14,17H,5,7,9-11H2,1-2H3. The number of carbonyl (C=O) groups is 1. The molecule has 0 saturated carbocycles. The molecule has 1 aliphatic rings. The normalized spacial score (nSPS) is 20.2. The monoisotopic (exact) mass is 277 g/mol. The van der Waals surface area contributed by atoms with Crippen molar-refractivity contribution in [2.45, 2.75) is 32.3 Å². The van der Waals surface area contributed by atoms with Gasteiger partial charge < -0.3 is 14.8 Å². The lowest BCUT2D eigenvalue weighted by molar-refractivity contribution is -0.139. The molecule has 2 unspecified atom stereocenters. The largest absolute Gasteiger partial charge is 0.490 e. The van der Waals surface area contributed by atoms with Crippen LogP contribution in [0.5, 0.6) is 5.75 Å². The number of methoxy groups -OCH3 is 1. The summed E-state index contributed by atoms with van der Waals surface area (Å²) >= 11 is 0. The summed E-state index contributed by atoms with van der Waals surface area (Å²) in [5.74, 6) is 1.07. The van der Waals surface area contributed by atoms with E-state index in [9.17, 15) is 4.79 Å². The first-order valence-electron chi connectivity index (χ1n) is 7.23. The van der Waals surface area contributed by atoms with Gasteiger partial charge in [0.15, 0.2) is 0 Å². The number of esters is 1. The zero-order chi connectivity index (χ0) is 14.4. The van der Waals surface area contributed by atoms with Crippen molar-refractivity contribution in [1.29, 1.82) is 0 Å². The molecule has 0 bridgehead atoms. The van der Waals surface area contributed by atoms with Gasteiger partial charge in [-0.25, -0.2) is 0 Å². The van der Waals surface area contributed by atoms with Crippen molar-refractivity contribution in [1.82, 2.24) is 5.32 Å². The Labute approximate surface area is 120 Å². The van der Waals surface area contributed by atoms with Gasteiger partial charge in [-0.3, -0.25) is 4.79 Å². The molecule has 2 atom stereocenters. The topological polar surface area (TPSA) is 47.6 Å². The number of ether oxygens (including phenoxy) is 2. The highest BCUT2D eigenvalue weighted by Gasteiger charge is 2.22. The molecule has 4 nitrogen and oxygen atoms in total. The molecule has 0 radical (unpaired) electrons. The third kappa shape index (κ3) is 3.97. The van der Waals surface area contributed by atoms with Crippen LogP contribution >= 0.6 is 0 Å². The number of benzene rings is 1. The molecule has 2 rings (SSSR count). The molecule has 0 aliphatic carbocycles. The average molecular weight is 277 g/mol. The van der Waals surface area contributed by atoms with Gasteiger partial charge in [0.25, 0.3) is 0 Å². The van der Waals surface area contributed by atoms with Crippen LogP contribution < -0.4 is 10.1 Å². The van der Waals surface area contributed by atoms with Gasteiger partial charge in [0.1, 0.15) is 5.75 Å². The Morgan fingerprint density at radius 3 is 2.95 bits per heavy atom. The molecule has 0 amide bonds. The average Bonchev–Trinajstić information content (AvgIpc) is 2.50. The molecule has 4 heteroatoms. The minimum atomic E-state index is -0.243. The highest BCUT2D eigenvalue weighted by molar-refractivity contribution is 5.73. The lowest BCUT2D eigenvalue weighted by Crippen LogP contribution is -2.38. The lowest BCUT2D eigenvalue weighted by atomic mass is 9.94. The zero-order valence-corrected chi connectivity index (χ0v) is 12.2. The molecule has 1 aliphatic heterocycles. The highest BCUT2D eigenvalue weighted by atomic mass is 16.5. The van der Waals surface area contributed by atoms with Gasteiger partial charge >= 0.3 is 5.97 Å². The Balaban J connectivity index is 2.02. The van der Waals surface area contributed by atoms with Crippen LogP contribution in [0, 0.1) is 5.92 Å². The molecule has 110 valence electrons. The number of carbonyl (C=O) groups excluding carboxylic acids is 1. The van der Waals surface area contributed by atoms with Gasteiger partial charge in [-0.1, -0.05) is 18.2 Å². The fraction of sp³-hybridized carbons (Fsp3) is 0.562. The van der Waals surface area contributed by atoms with E-state index in [0.29, 0.717) is 5.92 Å². The summed E-state index contributed by atoms with van der Waals surface area (Å²) in [7, 11) is 1.40. The quantitative estimate of drug-likeness (QED) is 0.838. The van der Waals surface area contributed by atoms with Crippen molar-refractivity contribution < 1.29 is 14.3 Å². The minimum Gasteiger partial charge on any atom is -0.490 e. The summed E-state index contributed by atoms with van der Waals surface area (Å²) in [6.07, 6.45) is 2.78. The first kappa shape index (κ1) is 14.9. The second-order valence-corrected chi connectivity index (χ2v) is 5.29. The van der Waals surface area contributed by atoms with E-state index in [-0.39, 0.29) is 18.5 Å². The number of nitrogens with one attached hydrogen (secondary N) is 1. The first-order chi connectivity index (χ1) is 9.70. The van der Waals surface area contributed by atoms with Crippen LogP contribution in [0.15, 0.2) is 24.3 Å². The predicted molar refractivity (Wildman–Crippen MR) is 77.8 cm³/mol. The highest BCUT2D eigenvalue weighted by Crippen LogP contribution is 2.24. The Kier molecular flexibility index (Phi) is 5.41. The molecule has 1 aromatic rings. The van der Waals surface area contributed by atoms with Crippen molar-refractivity contribution >= 4 is 5.97 Å². The molecule has 1 saturated heterocycles. The van der Waals surface area contributed by atoms with Gasteiger partial charge in [-0.2, -0.15) is 0 Å². The van der Waals surface area contributed by atoms with Crippen LogP contribution in [-0.4, -0.2) is 32.3 Å². The third-order valence-electron chi connectivity index (χ3n) is 3.85. The summed E-state index contributed by atoms with van der Waals surface area (Å²) in [5, 5.41) is 3.40. The van der Waals surface area contributed by atoms with Crippen molar-refractivity contribution in [3.63, 3.8) is 0 Å². The van der Waals surface area contributed by atoms with Gasteiger partial charge in [-0.05, 0) is 32.4 Å². The van der Waals surface area contributed by atoms with E-state index < -0.39 is 0 Å². The fourth-order valence-electron chi connectivity index (χ4n) is 2.57. The van der Waals surface area contributed by atoms with E-state index in [0.717, 1.165) is 24.4 Å². The molecule has 20 heavy (non-hydrogen) atoms. The molecular weight excluding hydrogens is 254 g/mol. The van der Waals surface area contributed by atoms with E-state index in [1.807, 2.05) is 24.3 Å². The van der Waals surface area contributed by atoms with Crippen molar-refractivity contribution in [3.05, 3.63) is 29.8 Å². The number of hydrogen-bond acceptors (Lipinski definition) is 4. The third-order valence-corrected chi connectivity index (χ3v) is 3.85. The van der Waals surface area contributed by atoms with Crippen LogP contribution in [0.2, 0.25) is 0 Å². The van der Waals surface area contributed by atoms with Crippen molar-refractivity contribution in [3.8, 4) is 5.75 Å². The Morgan fingerprint density at radius 2 is 2.25 bits per heavy atom. The van der Waals surface area contributed by atoms with Gasteiger partial charge in [0.05, 0.1) is 19.6 Å². The fourth-order valence-corrected chi connectivity index (χ4v) is 2.57. The van der Waals surface area contributed by atoms with Crippen molar-refractivity contribution in [2.24, 2.45) is 5.92 Å². The number of hydrogen-bond donors (Lipinski definition) is 1. The Bertz CT molecular complexity index is 441. The molecule has 1 fully saturated rings. The van der Waals surface area contributed by atoms with E-state index >= 15 is 0 Å². The zero-order valence-electron chi connectivity index (χ0n) is 12.2. The van der Waals surface area contributed by atoms with Gasteiger partial charge in [0.2, 0.25) is 0 Å². The molecule has 1 heterocycles. The summed E-state index contributed by atoms with van der Waals surface area (Å²) in [6.45, 7) is 4.20. The van der Waals surface area contributed by atoms with Gasteiger partial charge in [-0.15, -0.1) is 0 Å². The minimum absolute atomic E-state index is 0.140. The molecule has 0 aromatic heterocycles. The van der Waals surface area contributed by atoms with Crippen LogP contribution in [0.1, 0.15) is 25.3 Å². The maximum atomic E-state index is 11.4. The Hall–Kier alpha value is -1.55. The second-order valence-electron chi connectivity index (χ2n) is 5.29. The summed E-state index contributed by atoms with van der Waals surface area (Å²) < 4.78 is 10.8. The lowest BCUT2D eigenvalue weighted by Gasteiger charge is -2.29. The number of rotatable bonds is 5. The maximum Gasteiger partial charge on any atom is 0.310 e. The molecular formula is C16H23NO3. The second kappa shape index (κ2) is 7.29. The van der Waals surface area contributed by atoms with Crippen LogP contribution in [-0.2, 0) is 16.0 Å². The number of para-hydroxylation sites is 1. The first-order valence-corrected chi connectivity index (χ1v) is 7.23. The smallest absolute Gasteiger partial charge is 0.310 e. The van der Waals surface area contributed by atoms with Crippen LogP contribution in [0.3, 0.4) is 0 Å². The van der Waals surface area contributed by atoms with Crippen molar-refractivity contribution in [2.75, 3.05) is 20.2 Å². The molecule has 1 aromatic carbocycles. The maximum absolute atomic E-state index is 11.4. The molecule has 1 N–H and O–H groups in total. The van der Waals surface area contributed by atoms with E-state index in [4.69, 9.17) is 9.47 Å². The summed E-state index contributed by atoms with van der Waals surface area (Å²) in [6, 6.07) is 7.68. The summed E-state index contributed by atoms with van der Waals surface area (Å²) in [5.41, 5.74) is 0.884. The van der Waals surface area contributed by atoms with Gasteiger partial charge in [0, 0.05) is 18.0 Å². The molecule has 0 spiro atoms. The van der Waals surface area contributed by atoms with Crippen LogP contribution in [0.4, 0.5) is 0 Å².